The van der Waals surface area contributed by atoms with Crippen molar-refractivity contribution in [2.75, 3.05) is 13.7 Å². The molecule has 1 aromatic rings. The second kappa shape index (κ2) is 6.91. The molecule has 1 heterocycles. The maximum atomic E-state index is 12.2. The Hall–Kier alpha value is -2.55. The van der Waals surface area contributed by atoms with Crippen molar-refractivity contribution in [2.45, 2.75) is 45.8 Å². The Bertz CT molecular complexity index is 698. The number of methoxy groups -OCH3 is 1. The van der Waals surface area contributed by atoms with Gasteiger partial charge < -0.3 is 14.4 Å². The van der Waals surface area contributed by atoms with Gasteiger partial charge in [-0.3, -0.25) is 4.79 Å². The molecule has 0 N–H and O–H groups in total. The first-order valence-electron chi connectivity index (χ1n) is 7.83. The first-order valence-corrected chi connectivity index (χ1v) is 7.83. The third kappa shape index (κ3) is 4.25. The van der Waals surface area contributed by atoms with E-state index in [1.54, 1.807) is 11.0 Å². The zero-order valence-electron chi connectivity index (χ0n) is 14.5. The minimum atomic E-state index is -0.542. The van der Waals surface area contributed by atoms with Crippen molar-refractivity contribution in [2.24, 2.45) is 0 Å². The Morgan fingerprint density at radius 1 is 1.29 bits per heavy atom. The van der Waals surface area contributed by atoms with Crippen LogP contribution in [0.25, 0.3) is 0 Å². The number of benzene rings is 1. The third-order valence-electron chi connectivity index (χ3n) is 3.77. The van der Waals surface area contributed by atoms with Crippen LogP contribution in [0.4, 0.5) is 4.79 Å². The van der Waals surface area contributed by atoms with E-state index in [0.29, 0.717) is 30.6 Å². The maximum Gasteiger partial charge on any atom is 0.410 e. The summed E-state index contributed by atoms with van der Waals surface area (Å²) in [5, 5.41) is 9.33. The lowest BCUT2D eigenvalue weighted by atomic mass is 9.93. The highest BCUT2D eigenvalue weighted by Gasteiger charge is 2.26. The summed E-state index contributed by atoms with van der Waals surface area (Å²) < 4.78 is 10.1. The highest BCUT2D eigenvalue weighted by Crippen LogP contribution is 2.25. The van der Waals surface area contributed by atoms with E-state index in [1.807, 2.05) is 26.8 Å². The fourth-order valence-corrected chi connectivity index (χ4v) is 2.62. The molecule has 6 nitrogen and oxygen atoms in total. The summed E-state index contributed by atoms with van der Waals surface area (Å²) in [7, 11) is 1.32. The summed E-state index contributed by atoms with van der Waals surface area (Å²) in [5.74, 6) is -0.377. The molecule has 128 valence electrons. The van der Waals surface area contributed by atoms with Crippen LogP contribution in [-0.2, 0) is 33.7 Å². The molecule has 1 aliphatic rings. The van der Waals surface area contributed by atoms with Gasteiger partial charge in [-0.1, -0.05) is 6.07 Å². The number of rotatable bonds is 2. The molecule has 24 heavy (non-hydrogen) atoms. The zero-order chi connectivity index (χ0) is 17.9. The molecule has 0 fully saturated rings. The monoisotopic (exact) mass is 330 g/mol. The second-order valence-corrected chi connectivity index (χ2v) is 6.79. The van der Waals surface area contributed by atoms with Crippen molar-refractivity contribution in [1.29, 1.82) is 5.26 Å². The highest BCUT2D eigenvalue weighted by atomic mass is 16.6. The summed E-state index contributed by atoms with van der Waals surface area (Å²) in [6, 6.07) is 5.74. The smallest absolute Gasteiger partial charge is 0.410 e. The number of carbonyl (C=O) groups is 2. The van der Waals surface area contributed by atoms with Gasteiger partial charge in [-0.05, 0) is 49.9 Å². The summed E-state index contributed by atoms with van der Waals surface area (Å²) >= 11 is 0. The molecule has 1 amide bonds. The van der Waals surface area contributed by atoms with Crippen molar-refractivity contribution < 1.29 is 19.1 Å². The molecule has 0 radical (unpaired) electrons. The lowest BCUT2D eigenvalue weighted by molar-refractivity contribution is -0.139. The van der Waals surface area contributed by atoms with Crippen LogP contribution in [0.1, 0.15) is 43.0 Å². The molecule has 0 atom stereocenters. The van der Waals surface area contributed by atoms with Crippen molar-refractivity contribution in [3.63, 3.8) is 0 Å². The van der Waals surface area contributed by atoms with E-state index in [4.69, 9.17) is 4.74 Å². The Kier molecular flexibility index (Phi) is 5.13. The van der Waals surface area contributed by atoms with Crippen LogP contribution in [0, 0.1) is 11.3 Å². The van der Waals surface area contributed by atoms with Gasteiger partial charge in [0.2, 0.25) is 0 Å². The second-order valence-electron chi connectivity index (χ2n) is 6.79. The van der Waals surface area contributed by atoms with Crippen LogP contribution in [0.15, 0.2) is 12.1 Å². The van der Waals surface area contributed by atoms with E-state index in [2.05, 4.69) is 10.8 Å². The van der Waals surface area contributed by atoms with Crippen LogP contribution >= 0.6 is 0 Å². The quantitative estimate of drug-likeness (QED) is 0.779. The van der Waals surface area contributed by atoms with Gasteiger partial charge in [0.25, 0.3) is 0 Å². The van der Waals surface area contributed by atoms with Gasteiger partial charge in [0.05, 0.1) is 25.2 Å². The van der Waals surface area contributed by atoms with Crippen molar-refractivity contribution in [3.8, 4) is 6.07 Å². The van der Waals surface area contributed by atoms with Gasteiger partial charge in [0.1, 0.15) is 5.60 Å². The number of hydrogen-bond acceptors (Lipinski definition) is 5. The van der Waals surface area contributed by atoms with Crippen LogP contribution in [0.3, 0.4) is 0 Å². The summed E-state index contributed by atoms with van der Waals surface area (Å²) in [6.45, 7) is 6.43. The molecule has 2 rings (SSSR count). The van der Waals surface area contributed by atoms with Crippen molar-refractivity contribution in [3.05, 3.63) is 34.4 Å². The lowest BCUT2D eigenvalue weighted by Gasteiger charge is -2.31. The van der Waals surface area contributed by atoms with Crippen LogP contribution in [0.5, 0.6) is 0 Å². The molecule has 1 aromatic carbocycles. The standard InChI is InChI=1S/C18H22N2O4/c1-18(2,3)24-17(22)20-6-5-12-7-13(9-16(21)23-4)14(10-19)8-15(12)11-20/h7-8H,5-6,9,11H2,1-4H3. The summed E-state index contributed by atoms with van der Waals surface area (Å²) in [6.07, 6.45) is 0.377. The first-order chi connectivity index (χ1) is 11.2. The number of carbonyl (C=O) groups excluding carboxylic acids is 2. The van der Waals surface area contributed by atoms with E-state index in [0.717, 1.165) is 11.1 Å². The molecule has 0 aliphatic carbocycles. The van der Waals surface area contributed by atoms with Gasteiger partial charge in [-0.2, -0.15) is 5.26 Å². The fraction of sp³-hybridized carbons (Fsp3) is 0.500. The molecule has 1 aliphatic heterocycles. The molecule has 0 saturated carbocycles. The van der Waals surface area contributed by atoms with Gasteiger partial charge >= 0.3 is 12.1 Å². The van der Waals surface area contributed by atoms with Crippen molar-refractivity contribution >= 4 is 12.1 Å². The fourth-order valence-electron chi connectivity index (χ4n) is 2.62. The predicted octanol–water partition coefficient (Wildman–Crippen LogP) is 2.57. The maximum absolute atomic E-state index is 12.2. The average Bonchev–Trinajstić information content (AvgIpc) is 2.51. The van der Waals surface area contributed by atoms with Gasteiger partial charge in [0.15, 0.2) is 0 Å². The molecule has 0 aromatic heterocycles. The number of nitriles is 1. The molecule has 0 spiro atoms. The zero-order valence-corrected chi connectivity index (χ0v) is 14.5. The van der Waals surface area contributed by atoms with E-state index in [9.17, 15) is 14.9 Å². The Balaban J connectivity index is 2.22. The Morgan fingerprint density at radius 3 is 2.58 bits per heavy atom. The molecule has 6 heteroatoms. The number of esters is 1. The third-order valence-corrected chi connectivity index (χ3v) is 3.77. The highest BCUT2D eigenvalue weighted by molar-refractivity contribution is 5.74. The van der Waals surface area contributed by atoms with E-state index in [1.165, 1.54) is 7.11 Å². The minimum Gasteiger partial charge on any atom is -0.469 e. The number of nitrogens with zero attached hydrogens (tertiary/aromatic N) is 2. The van der Waals surface area contributed by atoms with Gasteiger partial charge in [-0.15, -0.1) is 0 Å². The van der Waals surface area contributed by atoms with Gasteiger partial charge in [-0.25, -0.2) is 4.79 Å². The van der Waals surface area contributed by atoms with Gasteiger partial charge in [0, 0.05) is 13.1 Å². The topological polar surface area (TPSA) is 79.6 Å². The predicted molar refractivity (Wildman–Crippen MR) is 87.2 cm³/mol. The van der Waals surface area contributed by atoms with Crippen LogP contribution in [-0.4, -0.2) is 36.2 Å². The minimum absolute atomic E-state index is 0.0719. The number of fused-ring (bicyclic) bond motifs is 1. The number of hydrogen-bond donors (Lipinski definition) is 0. The number of ether oxygens (including phenoxy) is 2. The van der Waals surface area contributed by atoms with Crippen LogP contribution in [0.2, 0.25) is 0 Å². The van der Waals surface area contributed by atoms with Crippen molar-refractivity contribution in [1.82, 2.24) is 4.90 Å². The van der Waals surface area contributed by atoms with E-state index in [-0.39, 0.29) is 18.5 Å². The Labute approximate surface area is 142 Å². The summed E-state index contributed by atoms with van der Waals surface area (Å²) in [5.41, 5.74) is 2.52. The van der Waals surface area contributed by atoms with Crippen LogP contribution < -0.4 is 0 Å². The molecule has 0 unspecified atom stereocenters. The normalized spacial score (nSPS) is 13.7. The largest absolute Gasteiger partial charge is 0.469 e. The number of amides is 1. The molecule has 0 bridgehead atoms. The molecular weight excluding hydrogens is 308 g/mol. The van der Waals surface area contributed by atoms with E-state index >= 15 is 0 Å². The first kappa shape index (κ1) is 17.8. The SMILES string of the molecule is COC(=O)Cc1cc2c(cc1C#N)CN(C(=O)OC(C)(C)C)CC2. The lowest BCUT2D eigenvalue weighted by Crippen LogP contribution is -2.40. The summed E-state index contributed by atoms with van der Waals surface area (Å²) in [4.78, 5) is 25.3. The van der Waals surface area contributed by atoms with E-state index < -0.39 is 5.60 Å². The Morgan fingerprint density at radius 2 is 2.00 bits per heavy atom. The molecule has 0 saturated heterocycles. The average molecular weight is 330 g/mol. The molecular formula is C18H22N2O4.